The highest BCUT2D eigenvalue weighted by Gasteiger charge is 2.12. The van der Waals surface area contributed by atoms with Gasteiger partial charge in [0.05, 0.1) is 6.61 Å². The Labute approximate surface area is 117 Å². The molecule has 0 unspecified atom stereocenters. The van der Waals surface area contributed by atoms with Gasteiger partial charge in [0.1, 0.15) is 4.90 Å². The number of sulfonamides is 1. The minimum atomic E-state index is -3.50. The first-order valence-corrected chi connectivity index (χ1v) is 7.46. The molecule has 2 rings (SSSR count). The standard InChI is InChI=1S/C12H14N4O3S/c17-20(18,11-4-1-5-13-10-11)16-8-3-9-19-12-14-6-2-7-15-12/h1-2,4-7,10,16H,3,8-9H2. The van der Waals surface area contributed by atoms with Crippen molar-refractivity contribution in [2.75, 3.05) is 13.2 Å². The third kappa shape index (κ3) is 4.25. The number of nitrogens with one attached hydrogen (secondary N) is 1. The lowest BCUT2D eigenvalue weighted by atomic mass is 10.5. The molecule has 8 heteroatoms. The molecule has 1 N–H and O–H groups in total. The molecule has 2 aromatic heterocycles. The zero-order chi connectivity index (χ0) is 14.3. The van der Waals surface area contributed by atoms with Gasteiger partial charge in [-0.3, -0.25) is 4.98 Å². The average Bonchev–Trinajstić information content (AvgIpc) is 2.49. The van der Waals surface area contributed by atoms with Crippen LogP contribution in [0, 0.1) is 0 Å². The predicted octanol–water partition coefficient (Wildman–Crippen LogP) is 0.619. The van der Waals surface area contributed by atoms with Crippen LogP contribution in [0.2, 0.25) is 0 Å². The monoisotopic (exact) mass is 294 g/mol. The van der Waals surface area contributed by atoms with E-state index in [-0.39, 0.29) is 17.5 Å². The van der Waals surface area contributed by atoms with Crippen molar-refractivity contribution in [1.29, 1.82) is 0 Å². The molecule has 0 aliphatic carbocycles. The second kappa shape index (κ2) is 6.92. The van der Waals surface area contributed by atoms with E-state index in [4.69, 9.17) is 4.74 Å². The van der Waals surface area contributed by atoms with Crippen molar-refractivity contribution in [2.24, 2.45) is 0 Å². The number of hydrogen-bond donors (Lipinski definition) is 1. The molecule has 2 aromatic rings. The highest BCUT2D eigenvalue weighted by molar-refractivity contribution is 7.89. The second-order valence-corrected chi connectivity index (χ2v) is 5.59. The van der Waals surface area contributed by atoms with Crippen molar-refractivity contribution in [1.82, 2.24) is 19.7 Å². The van der Waals surface area contributed by atoms with E-state index in [9.17, 15) is 8.42 Å². The van der Waals surface area contributed by atoms with E-state index in [0.29, 0.717) is 13.0 Å². The average molecular weight is 294 g/mol. The number of hydrogen-bond acceptors (Lipinski definition) is 6. The van der Waals surface area contributed by atoms with E-state index in [2.05, 4.69) is 19.7 Å². The Kier molecular flexibility index (Phi) is 4.97. The van der Waals surface area contributed by atoms with Crippen LogP contribution in [0.1, 0.15) is 6.42 Å². The minimum absolute atomic E-state index is 0.146. The third-order valence-corrected chi connectivity index (χ3v) is 3.78. The molecule has 0 spiro atoms. The van der Waals surface area contributed by atoms with Crippen LogP contribution in [0.3, 0.4) is 0 Å². The van der Waals surface area contributed by atoms with E-state index in [1.807, 2.05) is 0 Å². The Bertz CT molecular complexity index is 620. The summed E-state index contributed by atoms with van der Waals surface area (Å²) in [5.74, 6) is 0. The molecule has 0 bridgehead atoms. The van der Waals surface area contributed by atoms with Gasteiger partial charge >= 0.3 is 6.01 Å². The van der Waals surface area contributed by atoms with E-state index >= 15 is 0 Å². The second-order valence-electron chi connectivity index (χ2n) is 3.82. The van der Waals surface area contributed by atoms with Crippen LogP contribution in [0.25, 0.3) is 0 Å². The lowest BCUT2D eigenvalue weighted by Crippen LogP contribution is -2.26. The van der Waals surface area contributed by atoms with Crippen LogP contribution in [0.4, 0.5) is 0 Å². The molecule has 106 valence electrons. The molecule has 0 saturated heterocycles. The molecular formula is C12H14N4O3S. The maximum atomic E-state index is 11.8. The largest absolute Gasteiger partial charge is 0.463 e. The molecule has 0 aliphatic rings. The molecule has 0 fully saturated rings. The lowest BCUT2D eigenvalue weighted by molar-refractivity contribution is 0.287. The Morgan fingerprint density at radius 3 is 2.65 bits per heavy atom. The van der Waals surface area contributed by atoms with Crippen LogP contribution >= 0.6 is 0 Å². The molecule has 0 atom stereocenters. The third-order valence-electron chi connectivity index (χ3n) is 2.33. The van der Waals surface area contributed by atoms with Gasteiger partial charge in [0.25, 0.3) is 0 Å². The van der Waals surface area contributed by atoms with Gasteiger partial charge in [-0.05, 0) is 24.6 Å². The molecule has 2 heterocycles. The zero-order valence-corrected chi connectivity index (χ0v) is 11.5. The van der Waals surface area contributed by atoms with Crippen molar-refractivity contribution >= 4 is 10.0 Å². The Hall–Kier alpha value is -2.06. The van der Waals surface area contributed by atoms with Crippen LogP contribution in [0.5, 0.6) is 6.01 Å². The van der Waals surface area contributed by atoms with Gasteiger partial charge in [-0.15, -0.1) is 0 Å². The molecule has 0 amide bonds. The van der Waals surface area contributed by atoms with Crippen LogP contribution in [0.15, 0.2) is 47.9 Å². The summed E-state index contributed by atoms with van der Waals surface area (Å²) < 4.78 is 31.4. The molecule has 7 nitrogen and oxygen atoms in total. The summed E-state index contributed by atoms with van der Waals surface area (Å²) in [4.78, 5) is 11.7. The quantitative estimate of drug-likeness (QED) is 0.752. The number of ether oxygens (including phenoxy) is 1. The van der Waals surface area contributed by atoms with Crippen molar-refractivity contribution in [3.8, 4) is 6.01 Å². The lowest BCUT2D eigenvalue weighted by Gasteiger charge is -2.06. The van der Waals surface area contributed by atoms with Gasteiger partial charge in [0, 0.05) is 31.3 Å². The van der Waals surface area contributed by atoms with Gasteiger partial charge in [0.2, 0.25) is 10.0 Å². The molecule has 0 radical (unpaired) electrons. The normalized spacial score (nSPS) is 11.2. The van der Waals surface area contributed by atoms with E-state index in [1.165, 1.54) is 18.5 Å². The fourth-order valence-corrected chi connectivity index (χ4v) is 2.43. The van der Waals surface area contributed by atoms with Gasteiger partial charge < -0.3 is 4.74 Å². The zero-order valence-electron chi connectivity index (χ0n) is 10.6. The number of pyridine rings is 1. The summed E-state index contributed by atoms with van der Waals surface area (Å²) in [6.07, 6.45) is 6.49. The fraction of sp³-hybridized carbons (Fsp3) is 0.250. The van der Waals surface area contributed by atoms with Crippen LogP contribution in [-0.4, -0.2) is 36.5 Å². The minimum Gasteiger partial charge on any atom is -0.463 e. The highest BCUT2D eigenvalue weighted by atomic mass is 32.2. The van der Waals surface area contributed by atoms with Gasteiger partial charge in [-0.1, -0.05) is 0 Å². The number of rotatable bonds is 7. The fourth-order valence-electron chi connectivity index (χ4n) is 1.39. The van der Waals surface area contributed by atoms with Crippen molar-refractivity contribution in [3.63, 3.8) is 0 Å². The Morgan fingerprint density at radius 2 is 1.95 bits per heavy atom. The molecule has 0 saturated carbocycles. The maximum Gasteiger partial charge on any atom is 0.316 e. The van der Waals surface area contributed by atoms with E-state index in [1.54, 1.807) is 24.5 Å². The van der Waals surface area contributed by atoms with Gasteiger partial charge in [-0.2, -0.15) is 0 Å². The summed E-state index contributed by atoms with van der Waals surface area (Å²) in [5, 5.41) is 0. The van der Waals surface area contributed by atoms with Crippen LogP contribution < -0.4 is 9.46 Å². The molecular weight excluding hydrogens is 280 g/mol. The number of aromatic nitrogens is 3. The van der Waals surface area contributed by atoms with E-state index < -0.39 is 10.0 Å². The Morgan fingerprint density at radius 1 is 1.15 bits per heavy atom. The van der Waals surface area contributed by atoms with Crippen molar-refractivity contribution in [3.05, 3.63) is 43.0 Å². The predicted molar refractivity (Wildman–Crippen MR) is 71.6 cm³/mol. The highest BCUT2D eigenvalue weighted by Crippen LogP contribution is 2.05. The Balaban J connectivity index is 1.74. The summed E-state index contributed by atoms with van der Waals surface area (Å²) in [6, 6.07) is 5.03. The SMILES string of the molecule is O=S(=O)(NCCCOc1ncccn1)c1cccnc1. The first-order valence-electron chi connectivity index (χ1n) is 5.98. The van der Waals surface area contributed by atoms with E-state index in [0.717, 1.165) is 0 Å². The number of nitrogens with zero attached hydrogens (tertiary/aromatic N) is 3. The molecule has 0 aliphatic heterocycles. The first-order chi connectivity index (χ1) is 9.68. The first kappa shape index (κ1) is 14.4. The topological polar surface area (TPSA) is 94.1 Å². The summed E-state index contributed by atoms with van der Waals surface area (Å²) in [6.45, 7) is 0.601. The van der Waals surface area contributed by atoms with Gasteiger partial charge in [-0.25, -0.2) is 23.1 Å². The van der Waals surface area contributed by atoms with Crippen molar-refractivity contribution in [2.45, 2.75) is 11.3 Å². The summed E-state index contributed by atoms with van der Waals surface area (Å²) in [5.41, 5.74) is 0. The smallest absolute Gasteiger partial charge is 0.316 e. The molecule has 20 heavy (non-hydrogen) atoms. The van der Waals surface area contributed by atoms with Crippen LogP contribution in [-0.2, 0) is 10.0 Å². The van der Waals surface area contributed by atoms with Gasteiger partial charge in [0.15, 0.2) is 0 Å². The van der Waals surface area contributed by atoms with Crippen molar-refractivity contribution < 1.29 is 13.2 Å². The maximum absolute atomic E-state index is 11.8. The molecule has 0 aromatic carbocycles. The summed E-state index contributed by atoms with van der Waals surface area (Å²) in [7, 11) is -3.50. The summed E-state index contributed by atoms with van der Waals surface area (Å²) >= 11 is 0.